The third-order valence-corrected chi connectivity index (χ3v) is 4.44. The van der Waals surface area contributed by atoms with Crippen molar-refractivity contribution in [3.63, 3.8) is 0 Å². The second-order valence-corrected chi connectivity index (χ2v) is 6.56. The number of nitrogens with zero attached hydrogens (tertiary/aromatic N) is 2. The van der Waals surface area contributed by atoms with Gasteiger partial charge in [0.15, 0.2) is 0 Å². The van der Waals surface area contributed by atoms with Gasteiger partial charge in [-0.3, -0.25) is 14.5 Å². The molecular weight excluding hydrogens is 256 g/mol. The van der Waals surface area contributed by atoms with Gasteiger partial charge in [0, 0.05) is 38.6 Å². The predicted molar refractivity (Wildman–Crippen MR) is 76.3 cm³/mol. The van der Waals surface area contributed by atoms with Crippen LogP contribution in [0.3, 0.4) is 0 Å². The maximum absolute atomic E-state index is 12.4. The number of carbonyl (C=O) groups excluding carboxylic acids is 1. The van der Waals surface area contributed by atoms with Gasteiger partial charge in [-0.1, -0.05) is 13.8 Å². The van der Waals surface area contributed by atoms with E-state index in [-0.39, 0.29) is 17.7 Å². The van der Waals surface area contributed by atoms with Gasteiger partial charge in [0.2, 0.25) is 5.91 Å². The van der Waals surface area contributed by atoms with E-state index < -0.39 is 5.97 Å². The summed E-state index contributed by atoms with van der Waals surface area (Å²) in [5, 5.41) is 9.01. The summed E-state index contributed by atoms with van der Waals surface area (Å²) in [4.78, 5) is 27.7. The third kappa shape index (κ3) is 3.72. The molecule has 0 unspecified atom stereocenters. The van der Waals surface area contributed by atoms with E-state index in [1.807, 2.05) is 4.90 Å². The third-order valence-electron chi connectivity index (χ3n) is 4.44. The maximum atomic E-state index is 12.4. The van der Waals surface area contributed by atoms with Crippen LogP contribution in [0, 0.1) is 17.8 Å². The molecular formula is C15H26N2O3. The lowest BCUT2D eigenvalue weighted by atomic mass is 10.0. The van der Waals surface area contributed by atoms with Crippen LogP contribution in [0.2, 0.25) is 0 Å². The summed E-state index contributed by atoms with van der Waals surface area (Å²) in [5.41, 5.74) is 0. The van der Waals surface area contributed by atoms with Crippen LogP contribution >= 0.6 is 0 Å². The van der Waals surface area contributed by atoms with E-state index in [9.17, 15) is 9.59 Å². The Hall–Kier alpha value is -1.10. The first-order valence-corrected chi connectivity index (χ1v) is 7.71. The highest BCUT2D eigenvalue weighted by Crippen LogP contribution is 2.32. The fourth-order valence-corrected chi connectivity index (χ4v) is 3.36. The number of amides is 1. The SMILES string of the molecule is CC(C)CN1CCN(C(=O)[C@@H]2CC[C@H](C(=O)O)C2)CC1. The maximum Gasteiger partial charge on any atom is 0.306 e. The van der Waals surface area contributed by atoms with Crippen molar-refractivity contribution in [1.29, 1.82) is 0 Å². The highest BCUT2D eigenvalue weighted by atomic mass is 16.4. The van der Waals surface area contributed by atoms with Gasteiger partial charge in [0.1, 0.15) is 0 Å². The van der Waals surface area contributed by atoms with Gasteiger partial charge in [-0.25, -0.2) is 0 Å². The molecule has 0 spiro atoms. The van der Waals surface area contributed by atoms with Crippen LogP contribution in [0.5, 0.6) is 0 Å². The molecule has 2 fully saturated rings. The average Bonchev–Trinajstić information content (AvgIpc) is 2.88. The van der Waals surface area contributed by atoms with E-state index >= 15 is 0 Å². The number of carboxylic acid groups (broad SMARTS) is 1. The molecule has 1 aliphatic heterocycles. The van der Waals surface area contributed by atoms with E-state index in [4.69, 9.17) is 5.11 Å². The normalized spacial score (nSPS) is 28.1. The van der Waals surface area contributed by atoms with Gasteiger partial charge < -0.3 is 10.0 Å². The zero-order chi connectivity index (χ0) is 14.7. The average molecular weight is 282 g/mol. The molecule has 1 saturated carbocycles. The Labute approximate surface area is 120 Å². The van der Waals surface area contributed by atoms with E-state index in [1.54, 1.807) is 0 Å². The largest absolute Gasteiger partial charge is 0.481 e. The molecule has 114 valence electrons. The molecule has 0 aromatic heterocycles. The molecule has 2 rings (SSSR count). The van der Waals surface area contributed by atoms with E-state index in [1.165, 1.54) is 0 Å². The first kappa shape index (κ1) is 15.3. The Morgan fingerprint density at radius 3 is 2.20 bits per heavy atom. The minimum atomic E-state index is -0.748. The summed E-state index contributed by atoms with van der Waals surface area (Å²) in [5.74, 6) is -0.290. The molecule has 0 aromatic rings. The quantitative estimate of drug-likeness (QED) is 0.844. The summed E-state index contributed by atoms with van der Waals surface area (Å²) in [7, 11) is 0. The molecule has 1 heterocycles. The minimum absolute atomic E-state index is 0.0623. The van der Waals surface area contributed by atoms with Crippen molar-refractivity contribution in [1.82, 2.24) is 9.80 Å². The van der Waals surface area contributed by atoms with Crippen molar-refractivity contribution in [3.8, 4) is 0 Å². The lowest BCUT2D eigenvalue weighted by Gasteiger charge is -2.36. The second kappa shape index (κ2) is 6.57. The molecule has 1 saturated heterocycles. The Kier molecular flexibility index (Phi) is 5.02. The number of hydrogen-bond acceptors (Lipinski definition) is 3. The molecule has 1 amide bonds. The van der Waals surface area contributed by atoms with Gasteiger partial charge in [-0.2, -0.15) is 0 Å². The van der Waals surface area contributed by atoms with Crippen LogP contribution in [0.15, 0.2) is 0 Å². The van der Waals surface area contributed by atoms with Crippen LogP contribution in [0.25, 0.3) is 0 Å². The summed E-state index contributed by atoms with van der Waals surface area (Å²) in [6, 6.07) is 0. The van der Waals surface area contributed by atoms with Crippen LogP contribution in [0.1, 0.15) is 33.1 Å². The second-order valence-electron chi connectivity index (χ2n) is 6.56. The predicted octanol–water partition coefficient (Wildman–Crippen LogP) is 1.29. The monoisotopic (exact) mass is 282 g/mol. The first-order valence-electron chi connectivity index (χ1n) is 7.71. The summed E-state index contributed by atoms with van der Waals surface area (Å²) in [6.45, 7) is 8.98. The molecule has 0 bridgehead atoms. The van der Waals surface area contributed by atoms with Crippen molar-refractivity contribution in [2.45, 2.75) is 33.1 Å². The number of hydrogen-bond donors (Lipinski definition) is 1. The topological polar surface area (TPSA) is 60.9 Å². The standard InChI is InChI=1S/C15H26N2O3/c1-11(2)10-16-5-7-17(8-6-16)14(18)12-3-4-13(9-12)15(19)20/h11-13H,3-10H2,1-2H3,(H,19,20)/t12-,13+/m1/s1. The lowest BCUT2D eigenvalue weighted by Crippen LogP contribution is -2.50. The van der Waals surface area contributed by atoms with Crippen molar-refractivity contribution in [2.75, 3.05) is 32.7 Å². The summed E-state index contributed by atoms with van der Waals surface area (Å²) < 4.78 is 0. The number of piperazine rings is 1. The number of aliphatic carboxylic acids is 1. The lowest BCUT2D eigenvalue weighted by molar-refractivity contribution is -0.142. The summed E-state index contributed by atoms with van der Waals surface area (Å²) >= 11 is 0. The molecule has 2 aliphatic rings. The van der Waals surface area contributed by atoms with Gasteiger partial charge in [-0.15, -0.1) is 0 Å². The molecule has 5 nitrogen and oxygen atoms in total. The van der Waals surface area contributed by atoms with Crippen LogP contribution in [-0.2, 0) is 9.59 Å². The Morgan fingerprint density at radius 2 is 1.70 bits per heavy atom. The van der Waals surface area contributed by atoms with Crippen molar-refractivity contribution in [3.05, 3.63) is 0 Å². The van der Waals surface area contributed by atoms with Crippen molar-refractivity contribution in [2.24, 2.45) is 17.8 Å². The van der Waals surface area contributed by atoms with Gasteiger partial charge in [-0.05, 0) is 25.2 Å². The highest BCUT2D eigenvalue weighted by Gasteiger charge is 2.36. The minimum Gasteiger partial charge on any atom is -0.481 e. The molecule has 2 atom stereocenters. The number of carbonyl (C=O) groups is 2. The number of rotatable bonds is 4. The molecule has 20 heavy (non-hydrogen) atoms. The van der Waals surface area contributed by atoms with Gasteiger partial charge >= 0.3 is 5.97 Å². The van der Waals surface area contributed by atoms with Crippen LogP contribution < -0.4 is 0 Å². The molecule has 5 heteroatoms. The highest BCUT2D eigenvalue weighted by molar-refractivity contribution is 5.81. The molecule has 0 radical (unpaired) electrons. The number of carboxylic acids is 1. The van der Waals surface area contributed by atoms with Crippen LogP contribution in [-0.4, -0.2) is 59.5 Å². The van der Waals surface area contributed by atoms with Gasteiger partial charge in [0.05, 0.1) is 5.92 Å². The fourth-order valence-electron chi connectivity index (χ4n) is 3.36. The fraction of sp³-hybridized carbons (Fsp3) is 0.867. The zero-order valence-electron chi connectivity index (χ0n) is 12.5. The Bertz CT molecular complexity index is 362. The zero-order valence-corrected chi connectivity index (χ0v) is 12.5. The van der Waals surface area contributed by atoms with Gasteiger partial charge in [0.25, 0.3) is 0 Å². The van der Waals surface area contributed by atoms with E-state index in [0.29, 0.717) is 18.8 Å². The van der Waals surface area contributed by atoms with E-state index in [2.05, 4.69) is 18.7 Å². The smallest absolute Gasteiger partial charge is 0.306 e. The summed E-state index contributed by atoms with van der Waals surface area (Å²) in [6.07, 6.45) is 1.92. The Balaban J connectivity index is 1.79. The van der Waals surface area contributed by atoms with Crippen LogP contribution in [0.4, 0.5) is 0 Å². The molecule has 1 aliphatic carbocycles. The Morgan fingerprint density at radius 1 is 1.10 bits per heavy atom. The van der Waals surface area contributed by atoms with Crippen molar-refractivity contribution < 1.29 is 14.7 Å². The molecule has 0 aromatic carbocycles. The van der Waals surface area contributed by atoms with E-state index in [0.717, 1.165) is 39.1 Å². The molecule has 1 N–H and O–H groups in total. The van der Waals surface area contributed by atoms with Crippen molar-refractivity contribution >= 4 is 11.9 Å². The first-order chi connectivity index (χ1) is 9.47.